The van der Waals surface area contributed by atoms with Crippen molar-refractivity contribution in [1.82, 2.24) is 14.9 Å². The Bertz CT molecular complexity index is 693. The summed E-state index contributed by atoms with van der Waals surface area (Å²) in [7, 11) is 0. The second-order valence-electron chi connectivity index (χ2n) is 5.68. The number of aromatic nitrogens is 3. The molecule has 0 amide bonds. The van der Waals surface area contributed by atoms with Crippen molar-refractivity contribution in [3.63, 3.8) is 0 Å². The molecule has 0 unspecified atom stereocenters. The average molecular weight is 303 g/mol. The molecule has 3 heterocycles. The summed E-state index contributed by atoms with van der Waals surface area (Å²) in [5.41, 5.74) is 7.31. The molecule has 7 heteroatoms. The van der Waals surface area contributed by atoms with Crippen LogP contribution in [0.15, 0.2) is 27.6 Å². The maximum atomic E-state index is 12.2. The van der Waals surface area contributed by atoms with Crippen LogP contribution >= 0.6 is 0 Å². The standard InChI is InChI=1S/C15H21N5O2/c1-2-12-5-14(22-18-12)10-20-15(21)6-13(8-17-20)19-4-3-11(7-16)9-19/h5-6,8,11H,2-4,7,9-10,16H2,1H3/t11-/m1/s1. The number of rotatable bonds is 5. The van der Waals surface area contributed by atoms with Gasteiger partial charge in [0.15, 0.2) is 5.76 Å². The molecule has 0 aromatic carbocycles. The number of aryl methyl sites for hydroxylation is 1. The lowest BCUT2D eigenvalue weighted by Gasteiger charge is -2.18. The molecule has 2 N–H and O–H groups in total. The summed E-state index contributed by atoms with van der Waals surface area (Å²) < 4.78 is 6.59. The molecule has 1 aliphatic heterocycles. The molecule has 2 aromatic heterocycles. The molecule has 1 atom stereocenters. The summed E-state index contributed by atoms with van der Waals surface area (Å²) in [5, 5.41) is 8.17. The minimum atomic E-state index is -0.136. The minimum absolute atomic E-state index is 0.136. The van der Waals surface area contributed by atoms with Gasteiger partial charge >= 0.3 is 0 Å². The van der Waals surface area contributed by atoms with Gasteiger partial charge in [0.05, 0.1) is 17.6 Å². The predicted octanol–water partition coefficient (Wildman–Crippen LogP) is 0.627. The van der Waals surface area contributed by atoms with Crippen molar-refractivity contribution in [2.45, 2.75) is 26.3 Å². The Morgan fingerprint density at radius 1 is 1.45 bits per heavy atom. The van der Waals surface area contributed by atoms with Crippen molar-refractivity contribution >= 4 is 5.69 Å². The first-order valence-corrected chi connectivity index (χ1v) is 7.66. The van der Waals surface area contributed by atoms with Crippen LogP contribution in [0.5, 0.6) is 0 Å². The number of nitrogens with two attached hydrogens (primary N) is 1. The zero-order valence-corrected chi connectivity index (χ0v) is 12.7. The zero-order valence-electron chi connectivity index (χ0n) is 12.7. The summed E-state index contributed by atoms with van der Waals surface area (Å²) in [6.07, 6.45) is 3.61. The summed E-state index contributed by atoms with van der Waals surface area (Å²) in [6, 6.07) is 3.48. The predicted molar refractivity (Wildman–Crippen MR) is 82.9 cm³/mol. The Morgan fingerprint density at radius 2 is 2.32 bits per heavy atom. The van der Waals surface area contributed by atoms with E-state index in [0.717, 1.165) is 37.3 Å². The van der Waals surface area contributed by atoms with Gasteiger partial charge in [0.25, 0.3) is 5.56 Å². The van der Waals surface area contributed by atoms with E-state index < -0.39 is 0 Å². The SMILES string of the molecule is CCc1cc(Cn2ncc(N3CC[C@H](CN)C3)cc2=O)on1. The van der Waals surface area contributed by atoms with Crippen LogP contribution in [-0.4, -0.2) is 34.6 Å². The molecular formula is C15H21N5O2. The first-order chi connectivity index (χ1) is 10.7. The van der Waals surface area contributed by atoms with Crippen molar-refractivity contribution in [3.8, 4) is 0 Å². The van der Waals surface area contributed by atoms with Crippen LogP contribution in [0.3, 0.4) is 0 Å². The molecule has 2 aromatic rings. The van der Waals surface area contributed by atoms with Crippen molar-refractivity contribution in [2.24, 2.45) is 11.7 Å². The molecule has 118 valence electrons. The van der Waals surface area contributed by atoms with Crippen LogP contribution in [0.4, 0.5) is 5.69 Å². The third-order valence-electron chi connectivity index (χ3n) is 4.12. The van der Waals surface area contributed by atoms with E-state index in [1.807, 2.05) is 13.0 Å². The highest BCUT2D eigenvalue weighted by molar-refractivity contribution is 5.44. The molecule has 22 heavy (non-hydrogen) atoms. The monoisotopic (exact) mass is 303 g/mol. The maximum absolute atomic E-state index is 12.2. The molecule has 0 spiro atoms. The van der Waals surface area contributed by atoms with Crippen molar-refractivity contribution in [1.29, 1.82) is 0 Å². The third-order valence-corrected chi connectivity index (χ3v) is 4.12. The zero-order chi connectivity index (χ0) is 15.5. The molecule has 3 rings (SSSR count). The molecular weight excluding hydrogens is 282 g/mol. The van der Waals surface area contributed by atoms with Gasteiger partial charge in [0.2, 0.25) is 0 Å². The van der Waals surface area contributed by atoms with E-state index in [1.165, 1.54) is 4.68 Å². The number of hydrogen-bond donors (Lipinski definition) is 1. The summed E-state index contributed by atoms with van der Waals surface area (Å²) in [6.45, 7) is 4.81. The highest BCUT2D eigenvalue weighted by atomic mass is 16.5. The molecule has 7 nitrogen and oxygen atoms in total. The van der Waals surface area contributed by atoms with Gasteiger partial charge < -0.3 is 15.2 Å². The summed E-state index contributed by atoms with van der Waals surface area (Å²) in [5.74, 6) is 1.15. The van der Waals surface area contributed by atoms with E-state index in [9.17, 15) is 4.79 Å². The van der Waals surface area contributed by atoms with Gasteiger partial charge in [0.1, 0.15) is 6.54 Å². The van der Waals surface area contributed by atoms with Gasteiger partial charge in [-0.2, -0.15) is 5.10 Å². The van der Waals surface area contributed by atoms with E-state index in [-0.39, 0.29) is 5.56 Å². The van der Waals surface area contributed by atoms with Gasteiger partial charge in [-0.3, -0.25) is 4.79 Å². The molecule has 1 saturated heterocycles. The van der Waals surface area contributed by atoms with Crippen LogP contribution in [0.2, 0.25) is 0 Å². The molecule has 0 radical (unpaired) electrons. The van der Waals surface area contributed by atoms with E-state index in [4.69, 9.17) is 10.3 Å². The van der Waals surface area contributed by atoms with E-state index in [1.54, 1.807) is 12.3 Å². The number of nitrogens with zero attached hydrogens (tertiary/aromatic N) is 4. The van der Waals surface area contributed by atoms with Crippen molar-refractivity contribution in [2.75, 3.05) is 24.5 Å². The molecule has 1 aliphatic rings. The minimum Gasteiger partial charge on any atom is -0.370 e. The average Bonchev–Trinajstić information content (AvgIpc) is 3.18. The Kier molecular flexibility index (Phi) is 4.24. The van der Waals surface area contributed by atoms with E-state index in [2.05, 4.69) is 15.2 Å². The fourth-order valence-corrected chi connectivity index (χ4v) is 2.72. The van der Waals surface area contributed by atoms with Crippen LogP contribution in [0.25, 0.3) is 0 Å². The quantitative estimate of drug-likeness (QED) is 0.871. The van der Waals surface area contributed by atoms with Crippen molar-refractivity contribution < 1.29 is 4.52 Å². The third kappa shape index (κ3) is 3.04. The van der Waals surface area contributed by atoms with Gasteiger partial charge in [-0.25, -0.2) is 4.68 Å². The van der Waals surface area contributed by atoms with Crippen molar-refractivity contribution in [3.05, 3.63) is 40.1 Å². The van der Waals surface area contributed by atoms with E-state index in [0.29, 0.717) is 24.8 Å². The maximum Gasteiger partial charge on any atom is 0.269 e. The molecule has 0 aliphatic carbocycles. The highest BCUT2D eigenvalue weighted by Gasteiger charge is 2.22. The Hall–Kier alpha value is -2.15. The second-order valence-corrected chi connectivity index (χ2v) is 5.68. The van der Waals surface area contributed by atoms with Gasteiger partial charge in [-0.05, 0) is 25.3 Å². The fourth-order valence-electron chi connectivity index (χ4n) is 2.72. The normalized spacial score (nSPS) is 18.1. The molecule has 0 bridgehead atoms. The molecule has 1 fully saturated rings. The number of anilines is 1. The lowest BCUT2D eigenvalue weighted by molar-refractivity contribution is 0.364. The van der Waals surface area contributed by atoms with Gasteiger partial charge in [-0.15, -0.1) is 0 Å². The first kappa shape index (κ1) is 14.8. The number of hydrogen-bond acceptors (Lipinski definition) is 6. The van der Waals surface area contributed by atoms with Crippen LogP contribution in [0.1, 0.15) is 24.8 Å². The smallest absolute Gasteiger partial charge is 0.269 e. The topological polar surface area (TPSA) is 90.2 Å². The lowest BCUT2D eigenvalue weighted by atomic mass is 10.1. The van der Waals surface area contributed by atoms with Crippen LogP contribution < -0.4 is 16.2 Å². The first-order valence-electron chi connectivity index (χ1n) is 7.66. The Balaban J connectivity index is 1.73. The summed E-state index contributed by atoms with van der Waals surface area (Å²) >= 11 is 0. The van der Waals surface area contributed by atoms with Crippen LogP contribution in [-0.2, 0) is 13.0 Å². The van der Waals surface area contributed by atoms with Gasteiger partial charge in [0, 0.05) is 25.2 Å². The largest absolute Gasteiger partial charge is 0.370 e. The second kappa shape index (κ2) is 6.31. The van der Waals surface area contributed by atoms with E-state index >= 15 is 0 Å². The molecule has 0 saturated carbocycles. The fraction of sp³-hybridized carbons (Fsp3) is 0.533. The Labute approximate surface area is 128 Å². The Morgan fingerprint density at radius 3 is 2.95 bits per heavy atom. The van der Waals surface area contributed by atoms with Crippen LogP contribution in [0, 0.1) is 5.92 Å². The van der Waals surface area contributed by atoms with Gasteiger partial charge in [-0.1, -0.05) is 12.1 Å². The lowest BCUT2D eigenvalue weighted by Crippen LogP contribution is -2.27. The highest BCUT2D eigenvalue weighted by Crippen LogP contribution is 2.21. The summed E-state index contributed by atoms with van der Waals surface area (Å²) in [4.78, 5) is 14.4.